The minimum Gasteiger partial charge on any atom is -0.390 e. The Kier molecular flexibility index (Phi) is 4.26. The van der Waals surface area contributed by atoms with Crippen molar-refractivity contribution in [3.63, 3.8) is 0 Å². The van der Waals surface area contributed by atoms with E-state index in [-0.39, 0.29) is 23.7 Å². The van der Waals surface area contributed by atoms with Crippen LogP contribution >= 0.6 is 0 Å². The lowest BCUT2D eigenvalue weighted by Crippen LogP contribution is -2.38. The summed E-state index contributed by atoms with van der Waals surface area (Å²) in [5.41, 5.74) is 5.54. The average Bonchev–Trinajstić information content (AvgIpc) is 2.58. The third-order valence-corrected chi connectivity index (χ3v) is 4.44. The highest BCUT2D eigenvalue weighted by Gasteiger charge is 2.29. The van der Waals surface area contributed by atoms with Crippen molar-refractivity contribution in [2.45, 2.75) is 24.8 Å². The lowest BCUT2D eigenvalue weighted by molar-refractivity contribution is 0.160. The van der Waals surface area contributed by atoms with Crippen LogP contribution < -0.4 is 5.73 Å². The highest BCUT2D eigenvalue weighted by atomic mass is 32.2. The summed E-state index contributed by atoms with van der Waals surface area (Å²) < 4.78 is 30.2. The Bertz CT molecular complexity index is 463. The number of nitrogens with zero attached hydrogens (tertiary/aromatic N) is 2. The number of aryl methyl sites for hydroxylation is 2. The van der Waals surface area contributed by atoms with Crippen molar-refractivity contribution in [3.05, 3.63) is 11.5 Å². The summed E-state index contributed by atoms with van der Waals surface area (Å²) in [4.78, 5) is 0.0456. The second-order valence-electron chi connectivity index (χ2n) is 3.83. The molecule has 98 valence electrons. The van der Waals surface area contributed by atoms with Crippen molar-refractivity contribution in [1.82, 2.24) is 9.46 Å². The van der Waals surface area contributed by atoms with Gasteiger partial charge in [0.25, 0.3) is 0 Å². The van der Waals surface area contributed by atoms with Crippen molar-refractivity contribution >= 4 is 10.0 Å². The number of hydrogen-bond acceptors (Lipinski definition) is 6. The fourth-order valence-electron chi connectivity index (χ4n) is 1.47. The predicted molar refractivity (Wildman–Crippen MR) is 60.9 cm³/mol. The van der Waals surface area contributed by atoms with Crippen molar-refractivity contribution in [2.75, 3.05) is 20.1 Å². The van der Waals surface area contributed by atoms with Crippen LogP contribution in [-0.4, -0.2) is 49.2 Å². The van der Waals surface area contributed by atoms with Gasteiger partial charge < -0.3 is 15.4 Å². The molecule has 8 heteroatoms. The van der Waals surface area contributed by atoms with Crippen LogP contribution in [0.4, 0.5) is 0 Å². The Morgan fingerprint density at radius 2 is 2.12 bits per heavy atom. The van der Waals surface area contributed by atoms with Gasteiger partial charge in [-0.1, -0.05) is 5.16 Å². The van der Waals surface area contributed by atoms with Gasteiger partial charge in [0.15, 0.2) is 5.76 Å². The number of likely N-dealkylation sites (N-methyl/N-ethyl adjacent to an activating group) is 1. The monoisotopic (exact) mass is 263 g/mol. The molecule has 0 aliphatic heterocycles. The van der Waals surface area contributed by atoms with Crippen LogP contribution in [-0.2, 0) is 10.0 Å². The van der Waals surface area contributed by atoms with E-state index in [0.29, 0.717) is 5.69 Å². The maximum atomic E-state index is 12.2. The van der Waals surface area contributed by atoms with E-state index in [1.807, 2.05) is 0 Å². The van der Waals surface area contributed by atoms with Crippen LogP contribution in [0.2, 0.25) is 0 Å². The summed E-state index contributed by atoms with van der Waals surface area (Å²) in [6.07, 6.45) is -0.893. The normalized spacial score (nSPS) is 14.2. The fraction of sp³-hybridized carbons (Fsp3) is 0.667. The van der Waals surface area contributed by atoms with Gasteiger partial charge in [0.2, 0.25) is 10.0 Å². The molecule has 1 atom stereocenters. The molecule has 0 aliphatic rings. The second-order valence-corrected chi connectivity index (χ2v) is 5.81. The van der Waals surface area contributed by atoms with Crippen molar-refractivity contribution in [3.8, 4) is 0 Å². The average molecular weight is 263 g/mol. The van der Waals surface area contributed by atoms with Crippen LogP contribution in [0, 0.1) is 13.8 Å². The van der Waals surface area contributed by atoms with E-state index in [4.69, 9.17) is 10.3 Å². The molecule has 17 heavy (non-hydrogen) atoms. The molecule has 7 nitrogen and oxygen atoms in total. The fourth-order valence-corrected chi connectivity index (χ4v) is 2.96. The third kappa shape index (κ3) is 2.83. The molecule has 0 amide bonds. The standard InChI is InChI=1S/C9H17N3O4S/c1-6-9(7(2)16-11-6)17(14,15)12(3)5-8(13)4-10/h8,13H,4-5,10H2,1-3H3. The van der Waals surface area contributed by atoms with Crippen molar-refractivity contribution in [2.24, 2.45) is 5.73 Å². The van der Waals surface area contributed by atoms with E-state index in [1.54, 1.807) is 6.92 Å². The zero-order valence-electron chi connectivity index (χ0n) is 10.0. The minimum atomic E-state index is -3.70. The molecule has 0 aliphatic carbocycles. The first-order valence-electron chi connectivity index (χ1n) is 5.08. The Morgan fingerprint density at radius 1 is 1.53 bits per heavy atom. The van der Waals surface area contributed by atoms with Gasteiger partial charge in [-0.25, -0.2) is 8.42 Å². The van der Waals surface area contributed by atoms with Gasteiger partial charge in [-0.15, -0.1) is 0 Å². The van der Waals surface area contributed by atoms with Gasteiger partial charge in [0.05, 0.1) is 6.10 Å². The maximum Gasteiger partial charge on any atom is 0.248 e. The van der Waals surface area contributed by atoms with E-state index < -0.39 is 16.1 Å². The van der Waals surface area contributed by atoms with E-state index in [9.17, 15) is 13.5 Å². The Hall–Kier alpha value is -0.960. The Balaban J connectivity index is 3.04. The molecule has 3 N–H and O–H groups in total. The minimum absolute atomic E-state index is 0.00145. The highest BCUT2D eigenvalue weighted by Crippen LogP contribution is 2.22. The van der Waals surface area contributed by atoms with Gasteiger partial charge >= 0.3 is 0 Å². The maximum absolute atomic E-state index is 12.2. The summed E-state index contributed by atoms with van der Waals surface area (Å²) in [6, 6.07) is 0. The molecule has 0 saturated heterocycles. The van der Waals surface area contributed by atoms with Gasteiger partial charge in [-0.3, -0.25) is 0 Å². The van der Waals surface area contributed by atoms with Gasteiger partial charge in [0, 0.05) is 20.1 Å². The first-order chi connectivity index (χ1) is 7.80. The number of rotatable bonds is 5. The molecule has 0 saturated carbocycles. The summed E-state index contributed by atoms with van der Waals surface area (Å²) in [7, 11) is -2.33. The largest absolute Gasteiger partial charge is 0.390 e. The van der Waals surface area contributed by atoms with Gasteiger partial charge in [0.1, 0.15) is 10.6 Å². The summed E-state index contributed by atoms with van der Waals surface area (Å²) in [5, 5.41) is 13.0. The van der Waals surface area contributed by atoms with Crippen molar-refractivity contribution in [1.29, 1.82) is 0 Å². The topological polar surface area (TPSA) is 110 Å². The van der Waals surface area contributed by atoms with Crippen LogP contribution in [0.15, 0.2) is 9.42 Å². The number of hydrogen-bond donors (Lipinski definition) is 2. The summed E-state index contributed by atoms with van der Waals surface area (Å²) in [5.74, 6) is 0.233. The van der Waals surface area contributed by atoms with E-state index >= 15 is 0 Å². The number of sulfonamides is 1. The second kappa shape index (κ2) is 5.13. The lowest BCUT2D eigenvalue weighted by Gasteiger charge is -2.19. The number of aliphatic hydroxyl groups excluding tert-OH is 1. The van der Waals surface area contributed by atoms with Crippen LogP contribution in [0.5, 0.6) is 0 Å². The molecule has 0 spiro atoms. The molecule has 1 aromatic heterocycles. The Labute approximate surface area is 100 Å². The van der Waals surface area contributed by atoms with E-state index in [0.717, 1.165) is 4.31 Å². The smallest absolute Gasteiger partial charge is 0.248 e. The quantitative estimate of drug-likeness (QED) is 0.722. The molecule has 1 rings (SSSR count). The van der Waals surface area contributed by atoms with Crippen LogP contribution in [0.25, 0.3) is 0 Å². The molecule has 0 bridgehead atoms. The highest BCUT2D eigenvalue weighted by molar-refractivity contribution is 7.89. The van der Waals surface area contributed by atoms with Gasteiger partial charge in [-0.2, -0.15) is 4.31 Å². The number of aliphatic hydroxyl groups is 1. The van der Waals surface area contributed by atoms with E-state index in [1.165, 1.54) is 14.0 Å². The molecule has 0 fully saturated rings. The van der Waals surface area contributed by atoms with Crippen molar-refractivity contribution < 1.29 is 18.0 Å². The Morgan fingerprint density at radius 3 is 2.53 bits per heavy atom. The SMILES string of the molecule is Cc1noc(C)c1S(=O)(=O)N(C)CC(O)CN. The first-order valence-corrected chi connectivity index (χ1v) is 6.52. The molecule has 0 aromatic carbocycles. The van der Waals surface area contributed by atoms with Crippen LogP contribution in [0.1, 0.15) is 11.5 Å². The van der Waals surface area contributed by atoms with Gasteiger partial charge in [-0.05, 0) is 13.8 Å². The summed E-state index contributed by atoms with van der Waals surface area (Å²) in [6.45, 7) is 3.01. The zero-order valence-corrected chi connectivity index (χ0v) is 10.9. The lowest BCUT2D eigenvalue weighted by atomic mass is 10.4. The molecular formula is C9H17N3O4S. The molecule has 1 aromatic rings. The third-order valence-electron chi connectivity index (χ3n) is 2.38. The number of aromatic nitrogens is 1. The predicted octanol–water partition coefficient (Wildman–Crippen LogP) is -0.768. The number of nitrogens with two attached hydrogens (primary N) is 1. The molecule has 1 unspecified atom stereocenters. The first kappa shape index (κ1) is 14.1. The molecular weight excluding hydrogens is 246 g/mol. The zero-order chi connectivity index (χ0) is 13.2. The van der Waals surface area contributed by atoms with E-state index in [2.05, 4.69) is 5.16 Å². The summed E-state index contributed by atoms with van der Waals surface area (Å²) >= 11 is 0. The van der Waals surface area contributed by atoms with Crippen LogP contribution in [0.3, 0.4) is 0 Å². The molecule has 0 radical (unpaired) electrons. The molecule has 1 heterocycles.